The zero-order valence-electron chi connectivity index (χ0n) is 6.53. The van der Waals surface area contributed by atoms with Crippen molar-refractivity contribution in [1.82, 2.24) is 4.98 Å². The molecule has 1 aromatic heterocycles. The molecule has 0 saturated heterocycles. The van der Waals surface area contributed by atoms with E-state index in [-0.39, 0.29) is 5.69 Å². The van der Waals surface area contributed by atoms with Gasteiger partial charge in [-0.05, 0) is 15.9 Å². The maximum Gasteiger partial charge on any atom is 0.272 e. The fourth-order valence-electron chi connectivity index (χ4n) is 1.05. The molecule has 14 heavy (non-hydrogen) atoms. The number of thiazole rings is 1. The number of halogens is 2. The second kappa shape index (κ2) is 3.45. The average Bonchev–Trinajstić information content (AvgIpc) is 2.45. The number of nitro groups is 1. The summed E-state index contributed by atoms with van der Waals surface area (Å²) >= 11 is 10.4. The zero-order chi connectivity index (χ0) is 10.3. The largest absolute Gasteiger partial charge is 0.272 e. The quantitative estimate of drug-likeness (QED) is 0.596. The van der Waals surface area contributed by atoms with Gasteiger partial charge in [0.2, 0.25) is 0 Å². The normalized spacial score (nSPS) is 10.7. The molecule has 72 valence electrons. The van der Waals surface area contributed by atoms with Crippen molar-refractivity contribution < 1.29 is 4.92 Å². The third-order valence-corrected chi connectivity index (χ3v) is 3.36. The summed E-state index contributed by atoms with van der Waals surface area (Å²) < 4.78 is 1.37. The lowest BCUT2D eigenvalue weighted by molar-refractivity contribution is -0.384. The Morgan fingerprint density at radius 1 is 1.57 bits per heavy atom. The summed E-state index contributed by atoms with van der Waals surface area (Å²) in [6.07, 6.45) is 0. The van der Waals surface area contributed by atoms with E-state index in [0.717, 1.165) is 0 Å². The van der Waals surface area contributed by atoms with Crippen LogP contribution < -0.4 is 0 Å². The van der Waals surface area contributed by atoms with Crippen LogP contribution in [0, 0.1) is 10.1 Å². The van der Waals surface area contributed by atoms with Crippen LogP contribution in [0.2, 0.25) is 5.02 Å². The first-order chi connectivity index (χ1) is 6.58. The topological polar surface area (TPSA) is 56.0 Å². The number of nitro benzene ring substituents is 1. The van der Waals surface area contributed by atoms with Gasteiger partial charge in [-0.15, -0.1) is 11.3 Å². The Balaban J connectivity index is 2.77. The van der Waals surface area contributed by atoms with E-state index in [0.29, 0.717) is 19.2 Å². The molecule has 0 N–H and O–H groups in total. The van der Waals surface area contributed by atoms with Gasteiger partial charge in [0.1, 0.15) is 5.52 Å². The Bertz CT molecular complexity index is 528. The molecule has 0 aliphatic rings. The highest BCUT2D eigenvalue weighted by Gasteiger charge is 2.13. The third kappa shape index (κ3) is 1.60. The van der Waals surface area contributed by atoms with Gasteiger partial charge in [-0.25, -0.2) is 4.98 Å². The Kier molecular flexibility index (Phi) is 2.42. The molecule has 2 aromatic rings. The second-order valence-electron chi connectivity index (χ2n) is 2.50. The summed E-state index contributed by atoms with van der Waals surface area (Å²) in [6, 6.07) is 2.76. The van der Waals surface area contributed by atoms with Crippen LogP contribution in [-0.4, -0.2) is 9.91 Å². The van der Waals surface area contributed by atoms with Gasteiger partial charge in [0, 0.05) is 12.1 Å². The third-order valence-electron chi connectivity index (χ3n) is 1.62. The van der Waals surface area contributed by atoms with E-state index in [4.69, 9.17) is 11.6 Å². The molecular weight excluding hydrogens is 292 g/mol. The highest BCUT2D eigenvalue weighted by molar-refractivity contribution is 9.11. The van der Waals surface area contributed by atoms with Crippen LogP contribution in [-0.2, 0) is 0 Å². The molecule has 1 aromatic carbocycles. The van der Waals surface area contributed by atoms with Crippen LogP contribution in [0.3, 0.4) is 0 Å². The van der Waals surface area contributed by atoms with Crippen molar-refractivity contribution in [3.63, 3.8) is 0 Å². The SMILES string of the molecule is O=[N+]([O-])c1cc(Cl)c2nc(Br)sc2c1. The summed E-state index contributed by atoms with van der Waals surface area (Å²) in [6.45, 7) is 0. The highest BCUT2D eigenvalue weighted by Crippen LogP contribution is 2.34. The molecule has 0 unspecified atom stereocenters. The number of hydrogen-bond donors (Lipinski definition) is 0. The minimum atomic E-state index is -0.473. The summed E-state index contributed by atoms with van der Waals surface area (Å²) in [5.74, 6) is 0. The molecule has 0 saturated carbocycles. The van der Waals surface area contributed by atoms with Crippen molar-refractivity contribution in [1.29, 1.82) is 0 Å². The van der Waals surface area contributed by atoms with E-state index in [2.05, 4.69) is 20.9 Å². The number of rotatable bonds is 1. The van der Waals surface area contributed by atoms with Gasteiger partial charge in [0.25, 0.3) is 5.69 Å². The van der Waals surface area contributed by atoms with Crippen molar-refractivity contribution in [2.45, 2.75) is 0 Å². The Morgan fingerprint density at radius 3 is 2.93 bits per heavy atom. The van der Waals surface area contributed by atoms with Crippen molar-refractivity contribution >= 4 is 54.8 Å². The standard InChI is InChI=1S/C7H2BrClN2O2S/c8-7-10-6-4(9)1-3(11(12)13)2-5(6)14-7/h1-2H. The number of benzene rings is 1. The first-order valence-electron chi connectivity index (χ1n) is 3.48. The first kappa shape index (κ1) is 9.82. The van der Waals surface area contributed by atoms with Gasteiger partial charge >= 0.3 is 0 Å². The molecule has 0 atom stereocenters. The minimum absolute atomic E-state index is 0.0151. The van der Waals surface area contributed by atoms with Crippen molar-refractivity contribution in [2.75, 3.05) is 0 Å². The van der Waals surface area contributed by atoms with Gasteiger partial charge in [-0.1, -0.05) is 11.6 Å². The molecule has 0 aliphatic heterocycles. The van der Waals surface area contributed by atoms with Gasteiger partial charge in [0.15, 0.2) is 3.92 Å². The second-order valence-corrected chi connectivity index (χ2v) is 5.21. The van der Waals surface area contributed by atoms with Crippen LogP contribution in [0.15, 0.2) is 16.0 Å². The van der Waals surface area contributed by atoms with E-state index in [1.807, 2.05) is 0 Å². The summed E-state index contributed by atoms with van der Waals surface area (Å²) in [5, 5.41) is 10.8. The molecular formula is C7H2BrClN2O2S. The lowest BCUT2D eigenvalue weighted by Gasteiger charge is -1.93. The molecule has 0 spiro atoms. The maximum absolute atomic E-state index is 10.5. The lowest BCUT2D eigenvalue weighted by Crippen LogP contribution is -1.87. The first-order valence-corrected chi connectivity index (χ1v) is 5.46. The summed E-state index contributed by atoms with van der Waals surface area (Å²) in [5.41, 5.74) is 0.577. The molecule has 0 amide bonds. The Labute approximate surface area is 95.8 Å². The van der Waals surface area contributed by atoms with E-state index in [1.54, 1.807) is 0 Å². The van der Waals surface area contributed by atoms with E-state index >= 15 is 0 Å². The Morgan fingerprint density at radius 2 is 2.29 bits per heavy atom. The van der Waals surface area contributed by atoms with Crippen LogP contribution in [0.25, 0.3) is 10.2 Å². The number of aromatic nitrogens is 1. The van der Waals surface area contributed by atoms with E-state index in [9.17, 15) is 10.1 Å². The van der Waals surface area contributed by atoms with Crippen LogP contribution in [0.1, 0.15) is 0 Å². The van der Waals surface area contributed by atoms with Gasteiger partial charge in [0.05, 0.1) is 14.6 Å². The molecule has 0 aliphatic carbocycles. The number of non-ortho nitro benzene ring substituents is 1. The van der Waals surface area contributed by atoms with Crippen LogP contribution in [0.5, 0.6) is 0 Å². The predicted molar refractivity (Wildman–Crippen MR) is 59.0 cm³/mol. The summed E-state index contributed by atoms with van der Waals surface area (Å²) in [4.78, 5) is 14.1. The number of hydrogen-bond acceptors (Lipinski definition) is 4. The summed E-state index contributed by atoms with van der Waals surface area (Å²) in [7, 11) is 0. The van der Waals surface area contributed by atoms with Crippen molar-refractivity contribution in [2.24, 2.45) is 0 Å². The molecule has 0 bridgehead atoms. The fourth-order valence-corrected chi connectivity index (χ4v) is 2.82. The highest BCUT2D eigenvalue weighted by atomic mass is 79.9. The number of nitrogens with zero attached hydrogens (tertiary/aromatic N) is 2. The fraction of sp³-hybridized carbons (Fsp3) is 0. The smallest absolute Gasteiger partial charge is 0.258 e. The molecule has 0 fully saturated rings. The van der Waals surface area contributed by atoms with Crippen molar-refractivity contribution in [3.05, 3.63) is 31.2 Å². The van der Waals surface area contributed by atoms with Crippen molar-refractivity contribution in [3.8, 4) is 0 Å². The minimum Gasteiger partial charge on any atom is -0.258 e. The van der Waals surface area contributed by atoms with E-state index in [1.165, 1.54) is 23.5 Å². The lowest BCUT2D eigenvalue weighted by atomic mass is 10.3. The molecule has 0 radical (unpaired) electrons. The Hall–Kier alpha value is -0.720. The molecule has 7 heteroatoms. The molecule has 1 heterocycles. The molecule has 2 rings (SSSR count). The van der Waals surface area contributed by atoms with Crippen LogP contribution >= 0.6 is 38.9 Å². The van der Waals surface area contributed by atoms with Gasteiger partial charge in [-0.2, -0.15) is 0 Å². The maximum atomic E-state index is 10.5. The molecule has 4 nitrogen and oxygen atoms in total. The van der Waals surface area contributed by atoms with Gasteiger partial charge in [-0.3, -0.25) is 10.1 Å². The number of fused-ring (bicyclic) bond motifs is 1. The van der Waals surface area contributed by atoms with Gasteiger partial charge < -0.3 is 0 Å². The average molecular weight is 294 g/mol. The predicted octanol–water partition coefficient (Wildman–Crippen LogP) is 3.62. The van der Waals surface area contributed by atoms with E-state index < -0.39 is 4.92 Å². The van der Waals surface area contributed by atoms with Crippen LogP contribution in [0.4, 0.5) is 5.69 Å². The monoisotopic (exact) mass is 292 g/mol. The zero-order valence-corrected chi connectivity index (χ0v) is 9.69.